The number of aromatic amines is 1. The van der Waals surface area contributed by atoms with Crippen molar-refractivity contribution >= 4 is 44.4 Å². The summed E-state index contributed by atoms with van der Waals surface area (Å²) in [7, 11) is 0. The maximum atomic E-state index is 10.3. The standard InChI is InChI=1S/C6H5N3O4.C3H4N2.Pb.2H/c7-6-4(8(10)11)2-1-3-5(6)9(12)13;1-2-4-5-3-1;;;/h1-3H,7H2;1-3H,(H,4,5);;;. The Balaban J connectivity index is 0.000000454. The van der Waals surface area contributed by atoms with Crippen LogP contribution in [0, 0.1) is 20.2 Å². The molecule has 0 spiro atoms. The predicted octanol–water partition coefficient (Wildman–Crippen LogP) is 0.579. The maximum absolute atomic E-state index is 10.3. The Morgan fingerprint density at radius 3 is 1.89 bits per heavy atom. The minimum atomic E-state index is -0.762. The van der Waals surface area contributed by atoms with Crippen molar-refractivity contribution in [3.63, 3.8) is 0 Å². The van der Waals surface area contributed by atoms with E-state index in [9.17, 15) is 20.2 Å². The van der Waals surface area contributed by atoms with Crippen LogP contribution in [-0.4, -0.2) is 47.3 Å². The van der Waals surface area contributed by atoms with Crippen LogP contribution in [0.2, 0.25) is 0 Å². The van der Waals surface area contributed by atoms with E-state index in [1.807, 2.05) is 6.07 Å². The third-order valence-electron chi connectivity index (χ3n) is 1.86. The Labute approximate surface area is 127 Å². The second-order valence-electron chi connectivity index (χ2n) is 2.99. The van der Waals surface area contributed by atoms with Gasteiger partial charge in [0, 0.05) is 24.5 Å². The first-order valence-electron chi connectivity index (χ1n) is 4.65. The van der Waals surface area contributed by atoms with E-state index in [-0.39, 0.29) is 27.3 Å². The van der Waals surface area contributed by atoms with E-state index in [0.29, 0.717) is 0 Å². The molecule has 2 aromatic rings. The van der Waals surface area contributed by atoms with E-state index < -0.39 is 26.9 Å². The minimum absolute atomic E-state index is 0. The number of aromatic nitrogens is 2. The van der Waals surface area contributed by atoms with E-state index in [4.69, 9.17) is 5.73 Å². The summed E-state index contributed by atoms with van der Waals surface area (Å²) in [5.74, 6) is 0. The molecule has 3 N–H and O–H groups in total. The van der Waals surface area contributed by atoms with E-state index in [1.165, 1.54) is 6.07 Å². The summed E-state index contributed by atoms with van der Waals surface area (Å²) in [5.41, 5.74) is 3.88. The van der Waals surface area contributed by atoms with Gasteiger partial charge in [0.25, 0.3) is 11.4 Å². The molecular weight excluding hydrogens is 449 g/mol. The minimum Gasteiger partial charge on any atom is -0.286 e. The van der Waals surface area contributed by atoms with Gasteiger partial charge in [-0.25, -0.2) is 0 Å². The molecule has 0 bridgehead atoms. The number of nitrogen functional groups attached to an aromatic ring is 1. The third-order valence-corrected chi connectivity index (χ3v) is 1.86. The molecule has 0 amide bonds. The fraction of sp³-hybridized carbons (Fsp3) is 0. The number of hydrogen-bond donors (Lipinski definition) is 2. The van der Waals surface area contributed by atoms with Crippen molar-refractivity contribution < 1.29 is 9.85 Å². The van der Waals surface area contributed by atoms with Gasteiger partial charge in [-0.2, -0.15) is 5.10 Å². The second-order valence-corrected chi connectivity index (χ2v) is 2.99. The zero-order chi connectivity index (χ0) is 13.5. The third kappa shape index (κ3) is 4.99. The zero-order valence-corrected chi connectivity index (χ0v) is 15.2. The normalized spacial score (nSPS) is 8.63. The molecule has 0 saturated heterocycles. The molecule has 0 saturated carbocycles. The van der Waals surface area contributed by atoms with Crippen molar-refractivity contribution in [1.29, 1.82) is 0 Å². The Morgan fingerprint density at radius 2 is 1.63 bits per heavy atom. The van der Waals surface area contributed by atoms with Gasteiger partial charge in [0.15, 0.2) is 5.69 Å². The first kappa shape index (κ1) is 17.0. The van der Waals surface area contributed by atoms with Gasteiger partial charge in [-0.1, -0.05) is 0 Å². The van der Waals surface area contributed by atoms with Crippen LogP contribution >= 0.6 is 0 Å². The maximum Gasteiger partial charge on any atom is 0.0487 e. The molecule has 0 unspecified atom stereocenters. The number of nitro groups is 2. The number of para-hydroxylation sites is 1. The molecule has 1 aromatic heterocycles. The molecule has 19 heavy (non-hydrogen) atoms. The van der Waals surface area contributed by atoms with Gasteiger partial charge in [0.05, 0.1) is 9.85 Å². The van der Waals surface area contributed by atoms with Crippen molar-refractivity contribution in [3.05, 3.63) is 56.9 Å². The molecule has 9 nitrogen and oxygen atoms in total. The molecule has 0 atom stereocenters. The van der Waals surface area contributed by atoms with Gasteiger partial charge in [-0.3, -0.25) is 25.3 Å². The zero-order valence-electron chi connectivity index (χ0n) is 9.72. The molecule has 100 valence electrons. The largest absolute Gasteiger partial charge is 0.286 e. The van der Waals surface area contributed by atoms with Crippen LogP contribution in [-0.2, 0) is 0 Å². The van der Waals surface area contributed by atoms with Crippen LogP contribution in [0.5, 0.6) is 0 Å². The summed E-state index contributed by atoms with van der Waals surface area (Å²) in [6, 6.07) is 5.28. The SMILES string of the molecule is Nc1c([N+](=O)[O-])cccc1[N+](=O)[O-].[PbH2].c1cn[nH]c1. The van der Waals surface area contributed by atoms with Gasteiger partial charge in [-0.05, 0) is 12.1 Å². The summed E-state index contributed by atoms with van der Waals surface area (Å²) in [6.45, 7) is 0. The first-order valence-corrected chi connectivity index (χ1v) is 4.65. The van der Waals surface area contributed by atoms with Crippen LogP contribution in [0.25, 0.3) is 0 Å². The molecule has 2 radical (unpaired) electrons. The van der Waals surface area contributed by atoms with Crippen molar-refractivity contribution in [2.45, 2.75) is 0 Å². The quantitative estimate of drug-likeness (QED) is 0.291. The van der Waals surface area contributed by atoms with E-state index >= 15 is 0 Å². The van der Waals surface area contributed by atoms with Crippen LogP contribution in [0.15, 0.2) is 36.7 Å². The average Bonchev–Trinajstić information content (AvgIpc) is 2.87. The molecule has 0 aliphatic heterocycles. The van der Waals surface area contributed by atoms with Gasteiger partial charge < -0.3 is 5.73 Å². The number of anilines is 1. The number of rotatable bonds is 2. The molecular formula is C9H11N5O4Pb. The van der Waals surface area contributed by atoms with Gasteiger partial charge >= 0.3 is 27.3 Å². The molecule has 0 fully saturated rings. The summed E-state index contributed by atoms with van der Waals surface area (Å²) in [5, 5.41) is 26.8. The van der Waals surface area contributed by atoms with Crippen LogP contribution < -0.4 is 5.73 Å². The van der Waals surface area contributed by atoms with Crippen LogP contribution in [0.3, 0.4) is 0 Å². The molecule has 1 aromatic carbocycles. The average molecular weight is 460 g/mol. The molecule has 10 heteroatoms. The number of hydrogen-bond acceptors (Lipinski definition) is 6. The number of benzene rings is 1. The number of H-pyrrole nitrogens is 1. The topological polar surface area (TPSA) is 141 Å². The summed E-state index contributed by atoms with van der Waals surface area (Å²) >= 11 is 0. The number of nitrogens with two attached hydrogens (primary N) is 1. The molecule has 2 rings (SSSR count). The van der Waals surface area contributed by atoms with E-state index in [2.05, 4.69) is 10.2 Å². The fourth-order valence-electron chi connectivity index (χ4n) is 1.07. The van der Waals surface area contributed by atoms with Crippen molar-refractivity contribution in [2.75, 3.05) is 5.73 Å². The number of nitrogens with one attached hydrogen (secondary N) is 1. The van der Waals surface area contributed by atoms with E-state index in [1.54, 1.807) is 12.4 Å². The summed E-state index contributed by atoms with van der Waals surface area (Å²) in [6.07, 6.45) is 3.46. The van der Waals surface area contributed by atoms with Gasteiger partial charge in [0.1, 0.15) is 0 Å². The fourth-order valence-corrected chi connectivity index (χ4v) is 1.07. The predicted molar refractivity (Wildman–Crippen MR) is 71.3 cm³/mol. The molecule has 0 aliphatic rings. The van der Waals surface area contributed by atoms with Crippen LogP contribution in [0.4, 0.5) is 17.1 Å². The summed E-state index contributed by atoms with van der Waals surface area (Å²) in [4.78, 5) is 19.1. The molecule has 1 heterocycles. The van der Waals surface area contributed by atoms with Crippen LogP contribution in [0.1, 0.15) is 0 Å². The number of nitro benzene ring substituents is 2. The Bertz CT molecular complexity index is 496. The van der Waals surface area contributed by atoms with Gasteiger partial charge in [0.2, 0.25) is 0 Å². The Hall–Kier alpha value is -2.05. The summed E-state index contributed by atoms with van der Waals surface area (Å²) < 4.78 is 0. The monoisotopic (exact) mass is 461 g/mol. The second kappa shape index (κ2) is 8.12. The first-order chi connectivity index (χ1) is 8.54. The number of nitrogens with zero attached hydrogens (tertiary/aromatic N) is 3. The Kier molecular flexibility index (Phi) is 7.25. The van der Waals surface area contributed by atoms with Gasteiger partial charge in [-0.15, -0.1) is 0 Å². The van der Waals surface area contributed by atoms with Crippen molar-refractivity contribution in [3.8, 4) is 0 Å². The van der Waals surface area contributed by atoms with E-state index in [0.717, 1.165) is 12.1 Å². The smallest absolute Gasteiger partial charge is 0.0487 e. The van der Waals surface area contributed by atoms with Crippen molar-refractivity contribution in [1.82, 2.24) is 10.2 Å². The molecule has 0 aliphatic carbocycles. The Morgan fingerprint density at radius 1 is 1.11 bits per heavy atom. The van der Waals surface area contributed by atoms with Crippen molar-refractivity contribution in [2.24, 2.45) is 0 Å².